The molecule has 0 aliphatic heterocycles. The van der Waals surface area contributed by atoms with Crippen LogP contribution in [0.3, 0.4) is 0 Å². The van der Waals surface area contributed by atoms with E-state index in [1.54, 1.807) is 14.8 Å². The maximum Gasteiger partial charge on any atom is 0.205 e. The van der Waals surface area contributed by atoms with Gasteiger partial charge >= 0.3 is 0 Å². The molecule has 0 aliphatic rings. The van der Waals surface area contributed by atoms with Gasteiger partial charge in [-0.15, -0.1) is 0 Å². The van der Waals surface area contributed by atoms with Crippen molar-refractivity contribution >= 4 is 26.5 Å². The Labute approximate surface area is 56.7 Å². The average molecular weight is 124 g/mol. The third-order valence-corrected chi connectivity index (χ3v) is 1.06. The molecule has 0 atom stereocenters. The Morgan fingerprint density at radius 3 is 2.44 bits per heavy atom. The van der Waals surface area contributed by atoms with Crippen LogP contribution in [-0.4, -0.2) is 26.5 Å². The van der Waals surface area contributed by atoms with Crippen LogP contribution >= 0.6 is 0 Å². The molecule has 48 valence electrons. The minimum Gasteiger partial charge on any atom is -0.312 e. The summed E-state index contributed by atoms with van der Waals surface area (Å²) in [6.45, 7) is 1.54. The van der Waals surface area contributed by atoms with Gasteiger partial charge in [0.2, 0.25) is 7.28 Å². The zero-order chi connectivity index (χ0) is 7.28. The number of hydrogen-bond acceptors (Lipinski definition) is 2. The number of rotatable bonds is 4. The minimum atomic E-state index is 0.163. The van der Waals surface area contributed by atoms with Crippen LogP contribution in [0.4, 0.5) is 0 Å². The van der Waals surface area contributed by atoms with E-state index in [4.69, 9.17) is 0 Å². The number of hydrogen-bond donors (Lipinski definition) is 0. The lowest BCUT2D eigenvalue weighted by molar-refractivity contribution is -0.111. The molecule has 4 heteroatoms. The van der Waals surface area contributed by atoms with E-state index in [-0.39, 0.29) is 11.4 Å². The largest absolute Gasteiger partial charge is 0.312 e. The molecule has 0 aromatic rings. The van der Waals surface area contributed by atoms with Crippen LogP contribution in [0.25, 0.3) is 0 Å². The summed E-state index contributed by atoms with van der Waals surface area (Å²) in [5.74, 6) is 0. The van der Waals surface area contributed by atoms with Gasteiger partial charge in [-0.25, -0.2) is 0 Å². The third-order valence-electron chi connectivity index (χ3n) is 1.06. The Morgan fingerprint density at radius 1 is 1.56 bits per heavy atom. The second-order valence-electron chi connectivity index (χ2n) is 2.26. The van der Waals surface area contributed by atoms with Crippen molar-refractivity contribution in [3.8, 4) is 0 Å². The molecule has 0 bridgehead atoms. The minimum absolute atomic E-state index is 0.163. The summed E-state index contributed by atoms with van der Waals surface area (Å²) < 4.78 is 0. The molecule has 0 saturated heterocycles. The predicted molar refractivity (Wildman–Crippen MR) is 40.8 cm³/mol. The summed E-state index contributed by atoms with van der Waals surface area (Å²) in [5.41, 5.74) is 0.326. The van der Waals surface area contributed by atoms with Gasteiger partial charge in [-0.2, -0.15) is 0 Å². The van der Waals surface area contributed by atoms with Gasteiger partial charge in [0.1, 0.15) is 0 Å². The second-order valence-corrected chi connectivity index (χ2v) is 2.26. The normalized spacial score (nSPS) is 8.56. The van der Waals surface area contributed by atoms with Crippen molar-refractivity contribution < 1.29 is 9.59 Å². The van der Waals surface area contributed by atoms with Crippen molar-refractivity contribution in [2.75, 3.05) is 0 Å². The van der Waals surface area contributed by atoms with Crippen molar-refractivity contribution in [1.29, 1.82) is 0 Å². The van der Waals surface area contributed by atoms with Crippen LogP contribution in [0.15, 0.2) is 0 Å². The summed E-state index contributed by atoms with van der Waals surface area (Å²) in [4.78, 5) is 20.6. The van der Waals surface area contributed by atoms with Crippen LogP contribution in [-0.2, 0) is 9.59 Å². The van der Waals surface area contributed by atoms with Gasteiger partial charge in [0, 0.05) is 0 Å². The molecule has 0 rings (SSSR count). The average Bonchev–Trinajstić information content (AvgIpc) is 1.63. The SMILES string of the molecule is BC(=O)CCBC(C)=O. The first kappa shape index (κ1) is 8.47. The first-order valence-electron chi connectivity index (χ1n) is 3.12. The van der Waals surface area contributed by atoms with E-state index in [1.807, 2.05) is 0 Å². The van der Waals surface area contributed by atoms with E-state index in [1.165, 1.54) is 0 Å². The van der Waals surface area contributed by atoms with Crippen LogP contribution in [0.2, 0.25) is 6.32 Å². The molecule has 0 spiro atoms. The van der Waals surface area contributed by atoms with E-state index in [2.05, 4.69) is 0 Å². The lowest BCUT2D eigenvalue weighted by Gasteiger charge is -1.88. The van der Waals surface area contributed by atoms with Crippen molar-refractivity contribution in [3.63, 3.8) is 0 Å². The van der Waals surface area contributed by atoms with Crippen molar-refractivity contribution in [2.45, 2.75) is 19.7 Å². The van der Waals surface area contributed by atoms with Crippen LogP contribution in [0.5, 0.6) is 0 Å². The third kappa shape index (κ3) is 7.47. The summed E-state index contributed by atoms with van der Waals surface area (Å²) in [5, 5.41) is 0. The van der Waals surface area contributed by atoms with E-state index in [9.17, 15) is 9.59 Å². The van der Waals surface area contributed by atoms with Crippen LogP contribution in [0, 0.1) is 0 Å². The fraction of sp³-hybridized carbons (Fsp3) is 0.600. The Morgan fingerprint density at radius 2 is 2.11 bits per heavy atom. The summed E-state index contributed by atoms with van der Waals surface area (Å²) >= 11 is 0. The molecule has 2 nitrogen and oxygen atoms in total. The van der Waals surface area contributed by atoms with Gasteiger partial charge < -0.3 is 9.59 Å². The first-order valence-corrected chi connectivity index (χ1v) is 3.12. The second kappa shape index (κ2) is 4.36. The smallest absolute Gasteiger partial charge is 0.205 e. The summed E-state index contributed by atoms with van der Waals surface area (Å²) in [7, 11) is 2.08. The Hall–Kier alpha value is -0.530. The highest BCUT2D eigenvalue weighted by Crippen LogP contribution is 1.87. The van der Waals surface area contributed by atoms with Gasteiger partial charge in [-0.1, -0.05) is 6.32 Å². The monoisotopic (exact) mass is 124 g/mol. The molecule has 0 heterocycles. The molecule has 0 unspecified atom stereocenters. The van der Waals surface area contributed by atoms with Gasteiger partial charge in [0.05, 0.1) is 11.4 Å². The maximum absolute atomic E-state index is 10.3. The highest BCUT2D eigenvalue weighted by molar-refractivity contribution is 6.74. The molecule has 0 N–H and O–H groups in total. The van der Waals surface area contributed by atoms with Gasteiger partial charge in [0.25, 0.3) is 0 Å². The number of carbonyl (C=O) groups excluding carboxylic acids is 2. The Bertz CT molecular complexity index is 108. The van der Waals surface area contributed by atoms with E-state index < -0.39 is 0 Å². The maximum atomic E-state index is 10.3. The highest BCUT2D eigenvalue weighted by Gasteiger charge is 1.97. The van der Waals surface area contributed by atoms with Crippen LogP contribution < -0.4 is 0 Å². The molecular formula is C5H10B2O2. The number of carbonyl (C=O) groups is 2. The Balaban J connectivity index is 3.10. The molecule has 0 radical (unpaired) electrons. The predicted octanol–water partition coefficient (Wildman–Crippen LogP) is -1.06. The lowest BCUT2D eigenvalue weighted by Crippen LogP contribution is -2.05. The lowest BCUT2D eigenvalue weighted by atomic mass is 9.68. The zero-order valence-electron chi connectivity index (χ0n) is 5.94. The van der Waals surface area contributed by atoms with Crippen molar-refractivity contribution in [3.05, 3.63) is 0 Å². The molecule has 0 aromatic heterocycles. The van der Waals surface area contributed by atoms with E-state index in [0.29, 0.717) is 20.0 Å². The first-order chi connectivity index (χ1) is 4.13. The fourth-order valence-corrected chi connectivity index (χ4v) is 0.586. The summed E-state index contributed by atoms with van der Waals surface area (Å²) in [6, 6.07) is 0. The zero-order valence-corrected chi connectivity index (χ0v) is 5.94. The molecule has 0 saturated carbocycles. The van der Waals surface area contributed by atoms with Crippen LogP contribution in [0.1, 0.15) is 13.3 Å². The molecule has 0 aromatic carbocycles. The Kier molecular flexibility index (Phi) is 4.10. The molecule has 0 aliphatic carbocycles. The highest BCUT2D eigenvalue weighted by atomic mass is 16.1. The molecule has 9 heavy (non-hydrogen) atoms. The van der Waals surface area contributed by atoms with Gasteiger partial charge in [0.15, 0.2) is 7.85 Å². The topological polar surface area (TPSA) is 34.1 Å². The van der Waals surface area contributed by atoms with Crippen molar-refractivity contribution in [2.24, 2.45) is 0 Å². The molecule has 0 amide bonds. The fourth-order valence-electron chi connectivity index (χ4n) is 0.586. The van der Waals surface area contributed by atoms with Gasteiger partial charge in [-0.3, -0.25) is 0 Å². The standard InChI is InChI=1S/C5H10B2O2/c1-4(8)7-3-2-5(6)9/h7H,2-3,6H2,1H3. The van der Waals surface area contributed by atoms with Gasteiger partial charge in [-0.05, 0) is 13.3 Å². The van der Waals surface area contributed by atoms with Crippen molar-refractivity contribution in [1.82, 2.24) is 0 Å². The molecular weight excluding hydrogens is 114 g/mol. The quantitative estimate of drug-likeness (QED) is 0.447. The van der Waals surface area contributed by atoms with E-state index in [0.717, 1.165) is 0 Å². The van der Waals surface area contributed by atoms with E-state index >= 15 is 0 Å². The summed E-state index contributed by atoms with van der Waals surface area (Å²) in [6.07, 6.45) is 1.25. The molecule has 0 fully saturated rings.